The Morgan fingerprint density at radius 2 is 2.09 bits per heavy atom. The summed E-state index contributed by atoms with van der Waals surface area (Å²) >= 11 is 5.79. The SMILES string of the molecule is CCC/C=C(\CS(=O)(=O)Nc1ccc(F)cc1Cl)C(=O)OCC. The highest BCUT2D eigenvalue weighted by Crippen LogP contribution is 2.24. The second-order valence-corrected chi connectivity index (χ2v) is 6.85. The Bertz CT molecular complexity index is 689. The molecular weight excluding hydrogens is 345 g/mol. The van der Waals surface area contributed by atoms with Gasteiger partial charge in [-0.2, -0.15) is 0 Å². The summed E-state index contributed by atoms with van der Waals surface area (Å²) < 4.78 is 44.5. The monoisotopic (exact) mass is 363 g/mol. The molecule has 8 heteroatoms. The molecule has 0 heterocycles. The number of sulfonamides is 1. The van der Waals surface area contributed by atoms with Crippen LogP contribution in [0.5, 0.6) is 0 Å². The topological polar surface area (TPSA) is 72.5 Å². The van der Waals surface area contributed by atoms with Gasteiger partial charge in [-0.15, -0.1) is 0 Å². The summed E-state index contributed by atoms with van der Waals surface area (Å²) in [5.41, 5.74) is 0.103. The van der Waals surface area contributed by atoms with Gasteiger partial charge in [-0.25, -0.2) is 17.6 Å². The second kappa shape index (κ2) is 8.88. The summed E-state index contributed by atoms with van der Waals surface area (Å²) in [7, 11) is -3.89. The largest absolute Gasteiger partial charge is 0.463 e. The van der Waals surface area contributed by atoms with Crippen LogP contribution in [0, 0.1) is 5.82 Å². The van der Waals surface area contributed by atoms with Crippen molar-refractivity contribution in [2.45, 2.75) is 26.7 Å². The Hall–Kier alpha value is -1.60. The van der Waals surface area contributed by atoms with Crippen LogP contribution in [0.25, 0.3) is 0 Å². The van der Waals surface area contributed by atoms with E-state index in [-0.39, 0.29) is 22.9 Å². The third-order valence-electron chi connectivity index (χ3n) is 2.76. The minimum atomic E-state index is -3.89. The molecule has 23 heavy (non-hydrogen) atoms. The van der Waals surface area contributed by atoms with Gasteiger partial charge in [0.25, 0.3) is 0 Å². The zero-order valence-electron chi connectivity index (χ0n) is 12.9. The van der Waals surface area contributed by atoms with Gasteiger partial charge in [-0.1, -0.05) is 31.0 Å². The van der Waals surface area contributed by atoms with Crippen molar-refractivity contribution in [1.29, 1.82) is 0 Å². The number of esters is 1. The number of allylic oxidation sites excluding steroid dienone is 1. The van der Waals surface area contributed by atoms with Crippen molar-refractivity contribution >= 4 is 33.3 Å². The molecule has 0 amide bonds. The van der Waals surface area contributed by atoms with Crippen molar-refractivity contribution in [1.82, 2.24) is 0 Å². The first-order chi connectivity index (χ1) is 10.8. The van der Waals surface area contributed by atoms with E-state index in [0.717, 1.165) is 18.6 Å². The maximum atomic E-state index is 13.0. The first-order valence-corrected chi connectivity index (χ1v) is 9.13. The van der Waals surface area contributed by atoms with Crippen molar-refractivity contribution in [2.75, 3.05) is 17.1 Å². The lowest BCUT2D eigenvalue weighted by Gasteiger charge is -2.11. The summed E-state index contributed by atoms with van der Waals surface area (Å²) in [6.07, 6.45) is 2.87. The van der Waals surface area contributed by atoms with Crippen LogP contribution in [0.2, 0.25) is 5.02 Å². The first kappa shape index (κ1) is 19.4. The number of ether oxygens (including phenoxy) is 1. The van der Waals surface area contributed by atoms with Crippen LogP contribution in [0.15, 0.2) is 29.8 Å². The number of anilines is 1. The van der Waals surface area contributed by atoms with Gasteiger partial charge in [0.1, 0.15) is 11.6 Å². The highest BCUT2D eigenvalue weighted by atomic mass is 35.5. The molecule has 0 unspecified atom stereocenters. The third kappa shape index (κ3) is 6.58. The fourth-order valence-electron chi connectivity index (χ4n) is 1.72. The van der Waals surface area contributed by atoms with Crippen molar-refractivity contribution in [3.8, 4) is 0 Å². The van der Waals surface area contributed by atoms with Gasteiger partial charge in [0, 0.05) is 0 Å². The fraction of sp³-hybridized carbons (Fsp3) is 0.400. The third-order valence-corrected chi connectivity index (χ3v) is 4.29. The van der Waals surface area contributed by atoms with Gasteiger partial charge in [0.2, 0.25) is 10.0 Å². The van der Waals surface area contributed by atoms with E-state index in [1.807, 2.05) is 6.92 Å². The van der Waals surface area contributed by atoms with Crippen LogP contribution < -0.4 is 4.72 Å². The zero-order chi connectivity index (χ0) is 17.5. The Labute approximate surface area is 140 Å². The predicted octanol–water partition coefficient (Wildman–Crippen LogP) is 3.51. The summed E-state index contributed by atoms with van der Waals surface area (Å²) in [4.78, 5) is 11.8. The van der Waals surface area contributed by atoms with Gasteiger partial charge in [-0.3, -0.25) is 4.72 Å². The normalized spacial score (nSPS) is 12.1. The van der Waals surface area contributed by atoms with Crippen LogP contribution >= 0.6 is 11.6 Å². The molecule has 0 fully saturated rings. The number of carbonyl (C=O) groups excluding carboxylic acids is 1. The number of halogens is 2. The van der Waals surface area contributed by atoms with Gasteiger partial charge in [0.05, 0.1) is 22.9 Å². The highest BCUT2D eigenvalue weighted by Gasteiger charge is 2.20. The minimum absolute atomic E-state index is 0.0479. The maximum Gasteiger partial charge on any atom is 0.334 e. The molecule has 128 valence electrons. The molecule has 1 aromatic carbocycles. The zero-order valence-corrected chi connectivity index (χ0v) is 14.5. The van der Waals surface area contributed by atoms with Crippen LogP contribution in [-0.2, 0) is 19.6 Å². The van der Waals surface area contributed by atoms with Crippen LogP contribution in [0.4, 0.5) is 10.1 Å². The fourth-order valence-corrected chi connectivity index (χ4v) is 3.22. The van der Waals surface area contributed by atoms with Crippen molar-refractivity contribution in [2.24, 2.45) is 0 Å². The van der Waals surface area contributed by atoms with Crippen LogP contribution in [0.3, 0.4) is 0 Å². The molecule has 0 saturated heterocycles. The Kier molecular flexibility index (Phi) is 7.51. The maximum absolute atomic E-state index is 13.0. The number of unbranched alkanes of at least 4 members (excludes halogenated alkanes) is 1. The highest BCUT2D eigenvalue weighted by molar-refractivity contribution is 7.92. The molecular formula is C15H19ClFNO4S. The summed E-state index contributed by atoms with van der Waals surface area (Å²) in [5, 5.41) is -0.0659. The second-order valence-electron chi connectivity index (χ2n) is 4.72. The lowest BCUT2D eigenvalue weighted by atomic mass is 10.2. The standard InChI is InChI=1S/C15H19ClFNO4S/c1-3-5-6-11(15(19)22-4-2)10-23(20,21)18-14-8-7-12(17)9-13(14)16/h6-9,18H,3-5,10H2,1-2H3/b11-6+. The Morgan fingerprint density at radius 3 is 2.65 bits per heavy atom. The average molecular weight is 364 g/mol. The molecule has 0 aromatic heterocycles. The van der Waals surface area contributed by atoms with E-state index in [1.54, 1.807) is 13.0 Å². The van der Waals surface area contributed by atoms with E-state index >= 15 is 0 Å². The number of carbonyl (C=O) groups is 1. The number of hydrogen-bond acceptors (Lipinski definition) is 4. The molecule has 0 aliphatic heterocycles. The molecule has 0 aliphatic carbocycles. The Morgan fingerprint density at radius 1 is 1.39 bits per heavy atom. The van der Waals surface area contributed by atoms with Crippen molar-refractivity contribution < 1.29 is 22.3 Å². The predicted molar refractivity (Wildman–Crippen MR) is 88.4 cm³/mol. The minimum Gasteiger partial charge on any atom is -0.463 e. The summed E-state index contributed by atoms with van der Waals surface area (Å²) in [6, 6.07) is 3.30. The van der Waals surface area contributed by atoms with Gasteiger partial charge in [-0.05, 0) is 31.5 Å². The molecule has 5 nitrogen and oxygen atoms in total. The molecule has 0 aliphatic rings. The van der Waals surface area contributed by atoms with E-state index in [2.05, 4.69) is 4.72 Å². The van der Waals surface area contributed by atoms with Gasteiger partial charge >= 0.3 is 5.97 Å². The first-order valence-electron chi connectivity index (χ1n) is 7.10. The summed E-state index contributed by atoms with van der Waals surface area (Å²) in [6.45, 7) is 3.70. The van der Waals surface area contributed by atoms with E-state index in [1.165, 1.54) is 6.07 Å². The number of benzene rings is 1. The summed E-state index contributed by atoms with van der Waals surface area (Å²) in [5.74, 6) is -1.79. The average Bonchev–Trinajstić information content (AvgIpc) is 2.46. The quantitative estimate of drug-likeness (QED) is 0.566. The van der Waals surface area contributed by atoms with Gasteiger partial charge < -0.3 is 4.74 Å². The Balaban J connectivity index is 2.94. The van der Waals surface area contributed by atoms with E-state index in [9.17, 15) is 17.6 Å². The molecule has 0 radical (unpaired) electrons. The number of hydrogen-bond donors (Lipinski definition) is 1. The molecule has 0 atom stereocenters. The molecule has 1 rings (SSSR count). The molecule has 1 N–H and O–H groups in total. The number of nitrogens with one attached hydrogen (secondary N) is 1. The van der Waals surface area contributed by atoms with Crippen molar-refractivity contribution in [3.63, 3.8) is 0 Å². The van der Waals surface area contributed by atoms with E-state index in [0.29, 0.717) is 6.42 Å². The van der Waals surface area contributed by atoms with E-state index in [4.69, 9.17) is 16.3 Å². The molecule has 0 saturated carbocycles. The van der Waals surface area contributed by atoms with Crippen LogP contribution in [-0.4, -0.2) is 26.7 Å². The lowest BCUT2D eigenvalue weighted by Crippen LogP contribution is -2.22. The molecule has 1 aromatic rings. The van der Waals surface area contributed by atoms with Crippen LogP contribution in [0.1, 0.15) is 26.7 Å². The lowest BCUT2D eigenvalue weighted by molar-refractivity contribution is -0.138. The van der Waals surface area contributed by atoms with Gasteiger partial charge in [0.15, 0.2) is 0 Å². The number of rotatable bonds is 8. The molecule has 0 spiro atoms. The smallest absolute Gasteiger partial charge is 0.334 e. The van der Waals surface area contributed by atoms with E-state index < -0.39 is 27.6 Å². The van der Waals surface area contributed by atoms with Crippen molar-refractivity contribution in [3.05, 3.63) is 40.7 Å². The molecule has 0 bridgehead atoms.